The molecular weight excluding hydrogens is 783 g/mol. The van der Waals surface area contributed by atoms with E-state index >= 15 is 0 Å². The summed E-state index contributed by atoms with van der Waals surface area (Å²) in [6, 6.07) is 63.7. The molecule has 7 aromatic rings. The van der Waals surface area contributed by atoms with Crippen molar-refractivity contribution in [3.05, 3.63) is 186 Å². The highest BCUT2D eigenvalue weighted by Gasteiger charge is 2.58. The van der Waals surface area contributed by atoms with E-state index in [2.05, 4.69) is 196 Å². The average Bonchev–Trinajstić information content (AvgIpc) is 3.79. The largest absolute Gasteiger partial charge is 0.310 e. The Morgan fingerprint density at radius 2 is 0.738 bits per heavy atom. The van der Waals surface area contributed by atoms with Crippen LogP contribution >= 0.6 is 0 Å². The van der Waals surface area contributed by atoms with Crippen molar-refractivity contribution in [2.45, 2.75) is 89.9 Å². The molecule has 0 saturated heterocycles. The molecule has 1 nitrogen and oxygen atoms in total. The molecule has 7 aromatic carbocycles. The average molecular weight is 846 g/mol. The summed E-state index contributed by atoms with van der Waals surface area (Å²) in [4.78, 5) is 2.61. The van der Waals surface area contributed by atoms with Crippen LogP contribution in [0.5, 0.6) is 0 Å². The van der Waals surface area contributed by atoms with E-state index < -0.39 is 0 Å². The fourth-order valence-electron chi connectivity index (χ4n) is 16.5. The van der Waals surface area contributed by atoms with E-state index in [0.717, 1.165) is 23.7 Å². The van der Waals surface area contributed by atoms with Gasteiger partial charge in [-0.05, 0) is 202 Å². The summed E-state index contributed by atoms with van der Waals surface area (Å²) >= 11 is 0. The first-order valence-electron chi connectivity index (χ1n) is 25.4. The molecule has 4 saturated carbocycles. The number of hydrogen-bond donors (Lipinski definition) is 0. The van der Waals surface area contributed by atoms with Crippen molar-refractivity contribution in [3.63, 3.8) is 0 Å². The van der Waals surface area contributed by atoms with Gasteiger partial charge in [-0.2, -0.15) is 0 Å². The summed E-state index contributed by atoms with van der Waals surface area (Å²) in [6.07, 6.45) is 10.8. The minimum absolute atomic E-state index is 0.0657. The number of nitrogens with zero attached hydrogens (tertiary/aromatic N) is 1. The van der Waals surface area contributed by atoms with E-state index in [0.29, 0.717) is 23.7 Å². The molecule has 1 heteroatoms. The molecular formula is C64H63N. The third kappa shape index (κ3) is 5.76. The second kappa shape index (κ2) is 14.9. The van der Waals surface area contributed by atoms with E-state index in [1.54, 1.807) is 22.3 Å². The van der Waals surface area contributed by atoms with Crippen LogP contribution < -0.4 is 4.90 Å². The van der Waals surface area contributed by atoms with Crippen molar-refractivity contribution in [2.24, 2.45) is 47.3 Å². The minimum Gasteiger partial charge on any atom is -0.310 e. The second-order valence-corrected chi connectivity index (χ2v) is 22.1. The Morgan fingerprint density at radius 1 is 0.338 bits per heavy atom. The summed E-state index contributed by atoms with van der Waals surface area (Å²) in [5, 5.41) is 0. The van der Waals surface area contributed by atoms with Gasteiger partial charge in [0, 0.05) is 27.9 Å². The summed E-state index contributed by atoms with van der Waals surface area (Å²) < 4.78 is 0. The lowest BCUT2D eigenvalue weighted by molar-refractivity contribution is 0.0425. The molecule has 324 valence electrons. The molecule has 13 rings (SSSR count). The van der Waals surface area contributed by atoms with Gasteiger partial charge in [-0.15, -0.1) is 0 Å². The summed E-state index contributed by atoms with van der Waals surface area (Å²) in [5.41, 5.74) is 20.9. The molecule has 0 radical (unpaired) electrons. The van der Waals surface area contributed by atoms with Crippen molar-refractivity contribution in [1.82, 2.24) is 0 Å². The number of rotatable bonds is 5. The van der Waals surface area contributed by atoms with E-state index in [-0.39, 0.29) is 10.8 Å². The smallest absolute Gasteiger partial charge is 0.0468 e. The van der Waals surface area contributed by atoms with Crippen LogP contribution in [0.1, 0.15) is 101 Å². The third-order valence-corrected chi connectivity index (χ3v) is 18.5. The quantitative estimate of drug-likeness (QED) is 0.167. The zero-order chi connectivity index (χ0) is 43.6. The molecule has 6 aliphatic rings. The number of fused-ring (bicyclic) bond motifs is 16. The fraction of sp³-hybridized carbons (Fsp3) is 0.344. The Morgan fingerprint density at radius 3 is 1.23 bits per heavy atom. The molecule has 2 spiro atoms. The third-order valence-electron chi connectivity index (χ3n) is 18.5. The zero-order valence-electron chi connectivity index (χ0n) is 38.8. The van der Waals surface area contributed by atoms with Gasteiger partial charge in [-0.25, -0.2) is 0 Å². The SMILES string of the molecule is C[C@@H]1CC2C[C@@H](C1)[C@@]1(c3ccccc3-c3cc(N(c4ccc(-c5ccccc5)c(-c5ccccc5)c4)c4ccc5c(c4)-c4ccccc4[C@]54[C@H]5CC(C[C@@H](C)C5)C[C@@H]4C)ccc31)[C@@H](C)C2. The van der Waals surface area contributed by atoms with Gasteiger partial charge in [0.2, 0.25) is 0 Å². The molecule has 10 atom stereocenters. The van der Waals surface area contributed by atoms with Gasteiger partial charge >= 0.3 is 0 Å². The van der Waals surface area contributed by atoms with Crippen LogP contribution in [0, 0.1) is 47.3 Å². The lowest BCUT2D eigenvalue weighted by Crippen LogP contribution is -2.49. The van der Waals surface area contributed by atoms with Gasteiger partial charge in [-0.3, -0.25) is 0 Å². The van der Waals surface area contributed by atoms with Crippen molar-refractivity contribution >= 4 is 17.1 Å². The monoisotopic (exact) mass is 845 g/mol. The molecule has 0 amide bonds. The van der Waals surface area contributed by atoms with Gasteiger partial charge in [0.25, 0.3) is 0 Å². The maximum atomic E-state index is 2.61. The highest BCUT2D eigenvalue weighted by atomic mass is 15.1. The Hall–Kier alpha value is -5.66. The zero-order valence-corrected chi connectivity index (χ0v) is 38.8. The Bertz CT molecular complexity index is 2820. The highest BCUT2D eigenvalue weighted by molar-refractivity contribution is 5.93. The Balaban J connectivity index is 1.03. The summed E-state index contributed by atoms with van der Waals surface area (Å²) in [7, 11) is 0. The number of anilines is 3. The van der Waals surface area contributed by atoms with Gasteiger partial charge in [-0.1, -0.05) is 155 Å². The molecule has 0 N–H and O–H groups in total. The lowest BCUT2D eigenvalue weighted by atomic mass is 9.49. The molecule has 4 fully saturated rings. The van der Waals surface area contributed by atoms with E-state index in [4.69, 9.17) is 0 Å². The van der Waals surface area contributed by atoms with Crippen LogP contribution in [0.25, 0.3) is 44.5 Å². The molecule has 0 heterocycles. The standard InChI is InChI=1S/C64H63N/c1-40-29-44-33-42(3)63(48(31-40)35-44)59-21-13-11-19-54(59)57-38-51(24-27-61(57)63)65(50-23-26-53(46-15-7-5-8-16-46)56(37-50)47-17-9-6-10-18-47)52-25-28-62-58(39-52)55-20-12-14-22-60(55)64(62)43(4)34-45-30-41(2)32-49(64)36-45/h5-28,37-45,48-49H,29-36H2,1-4H3/t40-,41-,42+,43+,44?,45?,48-,49-,63-,64+/m1/s1. The van der Waals surface area contributed by atoms with Crippen molar-refractivity contribution < 1.29 is 0 Å². The molecule has 65 heavy (non-hydrogen) atoms. The molecule has 2 unspecified atom stereocenters. The molecule has 0 aromatic heterocycles. The van der Waals surface area contributed by atoms with E-state index in [9.17, 15) is 0 Å². The van der Waals surface area contributed by atoms with Crippen molar-refractivity contribution in [1.29, 1.82) is 0 Å². The van der Waals surface area contributed by atoms with Crippen LogP contribution in [-0.4, -0.2) is 0 Å². The molecule has 6 aliphatic carbocycles. The van der Waals surface area contributed by atoms with Crippen molar-refractivity contribution in [3.8, 4) is 44.5 Å². The summed E-state index contributed by atoms with van der Waals surface area (Å²) in [6.45, 7) is 10.2. The topological polar surface area (TPSA) is 3.24 Å². The van der Waals surface area contributed by atoms with Crippen molar-refractivity contribution in [2.75, 3.05) is 4.90 Å². The number of benzene rings is 7. The second-order valence-electron chi connectivity index (χ2n) is 22.1. The van der Waals surface area contributed by atoms with Crippen LogP contribution in [0.3, 0.4) is 0 Å². The van der Waals surface area contributed by atoms with E-state index in [1.807, 2.05) is 0 Å². The van der Waals surface area contributed by atoms with Crippen LogP contribution in [0.4, 0.5) is 17.1 Å². The Kier molecular flexibility index (Phi) is 9.12. The maximum absolute atomic E-state index is 2.61. The van der Waals surface area contributed by atoms with Gasteiger partial charge < -0.3 is 4.90 Å². The van der Waals surface area contributed by atoms with Gasteiger partial charge in [0.15, 0.2) is 0 Å². The molecule has 0 aliphatic heterocycles. The first-order chi connectivity index (χ1) is 31.8. The van der Waals surface area contributed by atoms with E-state index in [1.165, 1.54) is 113 Å². The fourth-order valence-corrected chi connectivity index (χ4v) is 16.5. The highest BCUT2D eigenvalue weighted by Crippen LogP contribution is 2.67. The predicted octanol–water partition coefficient (Wildman–Crippen LogP) is 17.2. The lowest BCUT2D eigenvalue weighted by Gasteiger charge is -2.54. The first kappa shape index (κ1) is 39.7. The number of hydrogen-bond acceptors (Lipinski definition) is 1. The van der Waals surface area contributed by atoms with Crippen LogP contribution in [0.15, 0.2) is 164 Å². The first-order valence-corrected chi connectivity index (χ1v) is 25.4. The summed E-state index contributed by atoms with van der Waals surface area (Å²) in [5.74, 6) is 5.86. The molecule has 4 bridgehead atoms. The van der Waals surface area contributed by atoms with Gasteiger partial charge in [0.05, 0.1) is 0 Å². The van der Waals surface area contributed by atoms with Crippen LogP contribution in [-0.2, 0) is 10.8 Å². The van der Waals surface area contributed by atoms with Crippen LogP contribution in [0.2, 0.25) is 0 Å². The maximum Gasteiger partial charge on any atom is 0.0468 e. The Labute approximate surface area is 388 Å². The predicted molar refractivity (Wildman–Crippen MR) is 272 cm³/mol. The normalized spacial score (nSPS) is 30.1. The van der Waals surface area contributed by atoms with Gasteiger partial charge in [0.1, 0.15) is 0 Å². The minimum atomic E-state index is 0.0657.